The van der Waals surface area contributed by atoms with Crippen LogP contribution in [0.25, 0.3) is 0 Å². The van der Waals surface area contributed by atoms with Gasteiger partial charge in [0.25, 0.3) is 0 Å². The van der Waals surface area contributed by atoms with Crippen molar-refractivity contribution in [2.75, 3.05) is 29.8 Å². The molecule has 0 saturated carbocycles. The third-order valence-electron chi connectivity index (χ3n) is 5.70. The number of ether oxygens (including phenoxy) is 2. The molecule has 1 N–H and O–H groups in total. The Kier molecular flexibility index (Phi) is 8.96. The first kappa shape index (κ1) is 28.6. The second kappa shape index (κ2) is 11.6. The van der Waals surface area contributed by atoms with Gasteiger partial charge in [-0.15, -0.1) is 0 Å². The number of benzene rings is 2. The van der Waals surface area contributed by atoms with Crippen LogP contribution in [0.15, 0.2) is 42.5 Å². The van der Waals surface area contributed by atoms with Gasteiger partial charge in [-0.2, -0.15) is 0 Å². The molecule has 2 amide bonds. The van der Waals surface area contributed by atoms with Gasteiger partial charge in [0.15, 0.2) is 11.5 Å². The number of sulfonamides is 1. The van der Waals surface area contributed by atoms with Gasteiger partial charge in [0, 0.05) is 23.2 Å². The van der Waals surface area contributed by atoms with E-state index >= 15 is 0 Å². The lowest BCUT2D eigenvalue weighted by molar-refractivity contribution is -0.140. The molecule has 11 heteroatoms. The van der Waals surface area contributed by atoms with Crippen LogP contribution < -0.4 is 19.1 Å². The van der Waals surface area contributed by atoms with Crippen LogP contribution in [-0.2, 0) is 26.2 Å². The van der Waals surface area contributed by atoms with Gasteiger partial charge >= 0.3 is 0 Å². The molecule has 0 spiro atoms. The quantitative estimate of drug-likeness (QED) is 0.510. The number of amides is 2. The molecule has 1 aliphatic heterocycles. The SMILES string of the molecule is CCS(=O)(=O)N(CC(=O)N(Cc1cccc(Cl)c1)[C@@H](C)C(=O)NC(C)(C)C)c1ccc2c(c1)OCCO2. The molecule has 37 heavy (non-hydrogen) atoms. The summed E-state index contributed by atoms with van der Waals surface area (Å²) in [4.78, 5) is 28.1. The smallest absolute Gasteiger partial charge is 0.244 e. The van der Waals surface area contributed by atoms with Crippen molar-refractivity contribution in [1.29, 1.82) is 0 Å². The van der Waals surface area contributed by atoms with Crippen LogP contribution in [0.1, 0.15) is 40.2 Å². The summed E-state index contributed by atoms with van der Waals surface area (Å²) < 4.78 is 38.4. The predicted molar refractivity (Wildman–Crippen MR) is 144 cm³/mol. The minimum Gasteiger partial charge on any atom is -0.486 e. The first-order chi connectivity index (χ1) is 17.3. The van der Waals surface area contributed by atoms with Crippen LogP contribution in [0.4, 0.5) is 5.69 Å². The van der Waals surface area contributed by atoms with Crippen molar-refractivity contribution < 1.29 is 27.5 Å². The highest BCUT2D eigenvalue weighted by molar-refractivity contribution is 7.92. The highest BCUT2D eigenvalue weighted by atomic mass is 35.5. The Morgan fingerprint density at radius 2 is 1.76 bits per heavy atom. The highest BCUT2D eigenvalue weighted by Crippen LogP contribution is 2.35. The third-order valence-corrected chi connectivity index (χ3v) is 7.68. The van der Waals surface area contributed by atoms with E-state index in [4.69, 9.17) is 21.1 Å². The molecule has 9 nitrogen and oxygen atoms in total. The zero-order valence-corrected chi connectivity index (χ0v) is 23.4. The maximum atomic E-state index is 13.7. The Balaban J connectivity index is 1.96. The zero-order valence-electron chi connectivity index (χ0n) is 21.8. The van der Waals surface area contributed by atoms with Crippen LogP contribution >= 0.6 is 11.6 Å². The normalized spacial score (nSPS) is 14.0. The van der Waals surface area contributed by atoms with Gasteiger partial charge < -0.3 is 19.7 Å². The average Bonchev–Trinajstić information content (AvgIpc) is 2.84. The lowest BCUT2D eigenvalue weighted by Crippen LogP contribution is -2.54. The number of hydrogen-bond donors (Lipinski definition) is 1. The molecule has 0 radical (unpaired) electrons. The Bertz CT molecular complexity index is 1250. The summed E-state index contributed by atoms with van der Waals surface area (Å²) in [6.07, 6.45) is 0. The number of fused-ring (bicyclic) bond motifs is 1. The van der Waals surface area contributed by atoms with Crippen LogP contribution in [0, 0.1) is 0 Å². The molecule has 1 aliphatic rings. The average molecular weight is 552 g/mol. The summed E-state index contributed by atoms with van der Waals surface area (Å²) in [5.74, 6) is -0.203. The van der Waals surface area contributed by atoms with Gasteiger partial charge in [0.2, 0.25) is 21.8 Å². The minimum absolute atomic E-state index is 0.0687. The van der Waals surface area contributed by atoms with Crippen molar-refractivity contribution in [3.8, 4) is 11.5 Å². The van der Waals surface area contributed by atoms with Gasteiger partial charge in [-0.1, -0.05) is 23.7 Å². The van der Waals surface area contributed by atoms with E-state index in [1.165, 1.54) is 11.8 Å². The van der Waals surface area contributed by atoms with Crippen LogP contribution in [0.5, 0.6) is 11.5 Å². The Morgan fingerprint density at radius 1 is 1.08 bits per heavy atom. The van der Waals surface area contributed by atoms with E-state index in [9.17, 15) is 18.0 Å². The maximum absolute atomic E-state index is 13.7. The summed E-state index contributed by atoms with van der Waals surface area (Å²) in [7, 11) is -3.85. The lowest BCUT2D eigenvalue weighted by atomic mass is 10.1. The topological polar surface area (TPSA) is 105 Å². The van der Waals surface area contributed by atoms with Gasteiger partial charge in [-0.25, -0.2) is 8.42 Å². The number of halogens is 1. The van der Waals surface area contributed by atoms with Gasteiger partial charge in [-0.05, 0) is 64.4 Å². The lowest BCUT2D eigenvalue weighted by Gasteiger charge is -2.33. The molecule has 0 aromatic heterocycles. The van der Waals surface area contributed by atoms with E-state index in [0.29, 0.717) is 35.3 Å². The molecule has 1 heterocycles. The van der Waals surface area contributed by atoms with E-state index in [1.807, 2.05) is 20.8 Å². The summed E-state index contributed by atoms with van der Waals surface area (Å²) in [5.41, 5.74) is 0.466. The second-order valence-corrected chi connectivity index (χ2v) is 12.4. The standard InChI is InChI=1S/C26H34ClN3O6S/c1-6-37(33,34)30(21-10-11-22-23(15-21)36-13-12-35-22)17-24(31)29(16-19-8-7-9-20(27)14-19)18(2)25(32)28-26(3,4)5/h7-11,14-15,18H,6,12-13,16-17H2,1-5H3,(H,28,32)/t18-/m0/s1. The summed E-state index contributed by atoms with van der Waals surface area (Å²) in [6, 6.07) is 10.8. The molecule has 0 aliphatic carbocycles. The van der Waals surface area contributed by atoms with E-state index in [2.05, 4.69) is 5.32 Å². The predicted octanol–water partition coefficient (Wildman–Crippen LogP) is 3.60. The van der Waals surface area contributed by atoms with Crippen LogP contribution in [0.2, 0.25) is 5.02 Å². The number of rotatable bonds is 9. The highest BCUT2D eigenvalue weighted by Gasteiger charge is 2.32. The first-order valence-corrected chi connectivity index (χ1v) is 14.1. The maximum Gasteiger partial charge on any atom is 0.244 e. The molecule has 0 fully saturated rings. The summed E-state index contributed by atoms with van der Waals surface area (Å²) >= 11 is 6.15. The summed E-state index contributed by atoms with van der Waals surface area (Å²) in [5, 5.41) is 3.38. The fourth-order valence-corrected chi connectivity index (χ4v) is 5.06. The van der Waals surface area contributed by atoms with Crippen molar-refractivity contribution in [2.45, 2.75) is 52.7 Å². The molecule has 1 atom stereocenters. The molecule has 0 unspecified atom stereocenters. The Morgan fingerprint density at radius 3 is 2.38 bits per heavy atom. The largest absolute Gasteiger partial charge is 0.486 e. The van der Waals surface area contributed by atoms with Gasteiger partial charge in [-0.3, -0.25) is 13.9 Å². The minimum atomic E-state index is -3.85. The monoisotopic (exact) mass is 551 g/mol. The molecule has 0 bridgehead atoms. The number of anilines is 1. The van der Waals surface area contributed by atoms with Gasteiger partial charge in [0.1, 0.15) is 25.8 Å². The van der Waals surface area contributed by atoms with Crippen molar-refractivity contribution in [3.05, 3.63) is 53.1 Å². The number of nitrogens with one attached hydrogen (secondary N) is 1. The third kappa shape index (κ3) is 7.52. The van der Waals surface area contributed by atoms with Crippen molar-refractivity contribution in [3.63, 3.8) is 0 Å². The molecular weight excluding hydrogens is 518 g/mol. The van der Waals surface area contributed by atoms with E-state index < -0.39 is 34.1 Å². The Labute approximate surface area is 223 Å². The first-order valence-electron chi connectivity index (χ1n) is 12.1. The van der Waals surface area contributed by atoms with E-state index in [0.717, 1.165) is 4.31 Å². The molecule has 2 aromatic carbocycles. The fraction of sp³-hybridized carbons (Fsp3) is 0.462. The van der Waals surface area contributed by atoms with Crippen LogP contribution in [0.3, 0.4) is 0 Å². The number of hydrogen-bond acceptors (Lipinski definition) is 6. The molecule has 202 valence electrons. The van der Waals surface area contributed by atoms with E-state index in [-0.39, 0.29) is 23.9 Å². The molecule has 0 saturated heterocycles. The van der Waals surface area contributed by atoms with Crippen molar-refractivity contribution in [2.24, 2.45) is 0 Å². The molecular formula is C26H34ClN3O6S. The number of carbonyl (C=O) groups is 2. The zero-order chi connectivity index (χ0) is 27.4. The summed E-state index contributed by atoms with van der Waals surface area (Å²) in [6.45, 7) is 8.97. The Hall–Kier alpha value is -2.98. The number of nitrogens with zero attached hydrogens (tertiary/aromatic N) is 2. The van der Waals surface area contributed by atoms with Crippen molar-refractivity contribution in [1.82, 2.24) is 10.2 Å². The molecule has 2 aromatic rings. The van der Waals surface area contributed by atoms with Crippen molar-refractivity contribution >= 4 is 39.1 Å². The fourth-order valence-electron chi connectivity index (χ4n) is 3.80. The van der Waals surface area contributed by atoms with Gasteiger partial charge in [0.05, 0.1) is 11.4 Å². The van der Waals surface area contributed by atoms with Crippen LogP contribution in [-0.4, -0.2) is 62.2 Å². The number of carbonyl (C=O) groups excluding carboxylic acids is 2. The van der Waals surface area contributed by atoms with E-state index in [1.54, 1.807) is 49.4 Å². The molecule has 3 rings (SSSR count). The second-order valence-electron chi connectivity index (χ2n) is 9.80.